The number of aryl methyl sites for hydroxylation is 2. The summed E-state index contributed by atoms with van der Waals surface area (Å²) < 4.78 is 34.4. The molecule has 0 bridgehead atoms. The first-order valence-corrected chi connectivity index (χ1v) is 6.67. The molecule has 0 unspecified atom stereocenters. The molecule has 0 saturated heterocycles. The molecule has 0 aliphatic heterocycles. The second-order valence-electron chi connectivity index (χ2n) is 3.65. The molecular formula is C9H11N5O3S. The van der Waals surface area contributed by atoms with Crippen molar-refractivity contribution in [2.24, 2.45) is 7.05 Å². The highest BCUT2D eigenvalue weighted by Gasteiger charge is 2.09. The summed E-state index contributed by atoms with van der Waals surface area (Å²) in [7, 11) is -2.46. The molecule has 0 radical (unpaired) electrons. The largest absolute Gasteiger partial charge is 0.748 e. The summed E-state index contributed by atoms with van der Waals surface area (Å²) in [6.07, 6.45) is 4.57. The Hall–Kier alpha value is -1.87. The van der Waals surface area contributed by atoms with Crippen LogP contribution in [-0.2, 0) is 23.7 Å². The zero-order chi connectivity index (χ0) is 13.2. The SMILES string of the molecule is Cn1ncnc1-c1cc[n+](CCS(=O)(=O)[O-])nc1. The van der Waals surface area contributed by atoms with Gasteiger partial charge in [-0.3, -0.25) is 0 Å². The Morgan fingerprint density at radius 1 is 1.50 bits per heavy atom. The van der Waals surface area contributed by atoms with Crippen LogP contribution >= 0.6 is 0 Å². The van der Waals surface area contributed by atoms with Crippen LogP contribution in [0.1, 0.15) is 0 Å². The van der Waals surface area contributed by atoms with Gasteiger partial charge in [0.1, 0.15) is 22.6 Å². The standard InChI is InChI=1S/C9H11N5O3S/c1-13-9(10-7-12-13)8-2-3-14(11-6-8)4-5-18(15,16)17/h2-3,6-7H,4-5H2,1H3. The van der Waals surface area contributed by atoms with Gasteiger partial charge in [-0.05, 0) is 5.10 Å². The van der Waals surface area contributed by atoms with Crippen molar-refractivity contribution in [1.29, 1.82) is 0 Å². The summed E-state index contributed by atoms with van der Waals surface area (Å²) in [6, 6.07) is 1.73. The zero-order valence-corrected chi connectivity index (χ0v) is 10.4. The molecule has 2 rings (SSSR count). The second kappa shape index (κ2) is 4.78. The lowest BCUT2D eigenvalue weighted by molar-refractivity contribution is -0.750. The second-order valence-corrected chi connectivity index (χ2v) is 5.17. The van der Waals surface area contributed by atoms with Crippen molar-refractivity contribution >= 4 is 10.1 Å². The molecule has 2 aromatic rings. The van der Waals surface area contributed by atoms with E-state index in [2.05, 4.69) is 15.2 Å². The molecule has 96 valence electrons. The molecule has 0 aromatic carbocycles. The predicted octanol–water partition coefficient (Wildman–Crippen LogP) is -1.29. The lowest BCUT2D eigenvalue weighted by atomic mass is 10.3. The van der Waals surface area contributed by atoms with Gasteiger partial charge in [-0.15, -0.1) is 0 Å². The van der Waals surface area contributed by atoms with Crippen LogP contribution in [0.25, 0.3) is 11.4 Å². The van der Waals surface area contributed by atoms with Gasteiger partial charge in [-0.2, -0.15) is 5.10 Å². The number of nitrogens with zero attached hydrogens (tertiary/aromatic N) is 5. The minimum Gasteiger partial charge on any atom is -0.748 e. The Kier molecular flexibility index (Phi) is 3.34. The van der Waals surface area contributed by atoms with E-state index in [1.54, 1.807) is 30.2 Å². The van der Waals surface area contributed by atoms with Crippen LogP contribution in [0.2, 0.25) is 0 Å². The summed E-state index contributed by atoms with van der Waals surface area (Å²) in [5.41, 5.74) is 0.760. The maximum atomic E-state index is 10.5. The van der Waals surface area contributed by atoms with E-state index < -0.39 is 15.9 Å². The fourth-order valence-electron chi connectivity index (χ4n) is 1.41. The molecule has 0 amide bonds. The maximum Gasteiger partial charge on any atom is 0.197 e. The van der Waals surface area contributed by atoms with Crippen LogP contribution in [0.5, 0.6) is 0 Å². The van der Waals surface area contributed by atoms with E-state index in [0.29, 0.717) is 5.82 Å². The molecule has 9 heteroatoms. The minimum absolute atomic E-state index is 0.0327. The molecule has 0 N–H and O–H groups in total. The zero-order valence-electron chi connectivity index (χ0n) is 9.59. The molecule has 0 aliphatic carbocycles. The van der Waals surface area contributed by atoms with Crippen LogP contribution in [0.3, 0.4) is 0 Å². The summed E-state index contributed by atoms with van der Waals surface area (Å²) in [4.78, 5) is 4.06. The molecular weight excluding hydrogens is 258 g/mol. The van der Waals surface area contributed by atoms with Crippen molar-refractivity contribution in [3.63, 3.8) is 0 Å². The van der Waals surface area contributed by atoms with Gasteiger partial charge in [0.25, 0.3) is 0 Å². The summed E-state index contributed by atoms with van der Waals surface area (Å²) >= 11 is 0. The fraction of sp³-hybridized carbons (Fsp3) is 0.333. The Balaban J connectivity index is 2.13. The van der Waals surface area contributed by atoms with Gasteiger partial charge < -0.3 is 4.55 Å². The van der Waals surface area contributed by atoms with Crippen molar-refractivity contribution < 1.29 is 17.7 Å². The van der Waals surface area contributed by atoms with Crippen molar-refractivity contribution in [1.82, 2.24) is 19.9 Å². The Morgan fingerprint density at radius 3 is 2.78 bits per heavy atom. The normalized spacial score (nSPS) is 11.7. The van der Waals surface area contributed by atoms with Crippen molar-refractivity contribution in [3.05, 3.63) is 24.8 Å². The van der Waals surface area contributed by atoms with Crippen LogP contribution in [-0.4, -0.2) is 38.6 Å². The first kappa shape index (κ1) is 12.6. The first-order valence-electron chi connectivity index (χ1n) is 5.09. The van der Waals surface area contributed by atoms with Crippen LogP contribution < -0.4 is 4.68 Å². The quantitative estimate of drug-likeness (QED) is 0.505. The van der Waals surface area contributed by atoms with E-state index in [1.807, 2.05) is 0 Å². The predicted molar refractivity (Wildman–Crippen MR) is 59.0 cm³/mol. The smallest absolute Gasteiger partial charge is 0.197 e. The van der Waals surface area contributed by atoms with E-state index in [1.165, 1.54) is 11.0 Å². The van der Waals surface area contributed by atoms with Gasteiger partial charge in [0, 0.05) is 18.7 Å². The van der Waals surface area contributed by atoms with Gasteiger partial charge in [0.05, 0.1) is 5.75 Å². The third kappa shape index (κ3) is 3.08. The summed E-state index contributed by atoms with van der Waals surface area (Å²) in [6.45, 7) is 0.0327. The highest BCUT2D eigenvalue weighted by Crippen LogP contribution is 2.11. The molecule has 8 nitrogen and oxygen atoms in total. The molecule has 0 aliphatic rings. The monoisotopic (exact) mass is 269 g/mol. The van der Waals surface area contributed by atoms with Gasteiger partial charge >= 0.3 is 0 Å². The first-order chi connectivity index (χ1) is 8.46. The van der Waals surface area contributed by atoms with E-state index >= 15 is 0 Å². The third-order valence-electron chi connectivity index (χ3n) is 2.31. The van der Waals surface area contributed by atoms with Crippen molar-refractivity contribution in [2.75, 3.05) is 5.75 Å². The summed E-state index contributed by atoms with van der Waals surface area (Å²) in [5, 5.41) is 7.95. The fourth-order valence-corrected chi connectivity index (χ4v) is 1.82. The highest BCUT2D eigenvalue weighted by atomic mass is 32.2. The molecule has 0 fully saturated rings. The molecule has 0 spiro atoms. The van der Waals surface area contributed by atoms with Crippen LogP contribution in [0.4, 0.5) is 0 Å². The average molecular weight is 269 g/mol. The van der Waals surface area contributed by atoms with E-state index in [4.69, 9.17) is 0 Å². The van der Waals surface area contributed by atoms with E-state index in [-0.39, 0.29) is 6.54 Å². The molecule has 0 saturated carbocycles. The minimum atomic E-state index is -4.22. The topological polar surface area (TPSA) is 105 Å². The Morgan fingerprint density at radius 2 is 2.28 bits per heavy atom. The van der Waals surface area contributed by atoms with Gasteiger partial charge in [0.2, 0.25) is 0 Å². The average Bonchev–Trinajstić information content (AvgIpc) is 2.73. The molecule has 2 heterocycles. The molecule has 0 atom stereocenters. The van der Waals surface area contributed by atoms with Crippen molar-refractivity contribution in [3.8, 4) is 11.4 Å². The van der Waals surface area contributed by atoms with E-state index in [0.717, 1.165) is 5.56 Å². The van der Waals surface area contributed by atoms with Crippen molar-refractivity contribution in [2.45, 2.75) is 6.54 Å². The number of aromatic nitrogens is 5. The third-order valence-corrected chi connectivity index (χ3v) is 2.99. The lowest BCUT2D eigenvalue weighted by Gasteiger charge is -2.02. The molecule has 18 heavy (non-hydrogen) atoms. The van der Waals surface area contributed by atoms with Crippen LogP contribution in [0, 0.1) is 0 Å². The Labute approximate surface area is 104 Å². The number of hydrogen-bond acceptors (Lipinski definition) is 6. The number of rotatable bonds is 4. The lowest BCUT2D eigenvalue weighted by Crippen LogP contribution is -2.40. The summed E-state index contributed by atoms with van der Waals surface area (Å²) in [5.74, 6) is 0.180. The van der Waals surface area contributed by atoms with Gasteiger partial charge in [0.15, 0.2) is 18.6 Å². The maximum absolute atomic E-state index is 10.5. The van der Waals surface area contributed by atoms with Crippen LogP contribution in [0.15, 0.2) is 24.8 Å². The Bertz CT molecular complexity index is 634. The van der Waals surface area contributed by atoms with Gasteiger partial charge in [-0.25, -0.2) is 18.1 Å². The highest BCUT2D eigenvalue weighted by molar-refractivity contribution is 7.85. The van der Waals surface area contributed by atoms with E-state index in [9.17, 15) is 13.0 Å². The van der Waals surface area contributed by atoms with Gasteiger partial charge in [-0.1, -0.05) is 4.68 Å². The molecule has 2 aromatic heterocycles. The number of hydrogen-bond donors (Lipinski definition) is 0.